The molecule has 1 aromatic heterocycles. The molecule has 1 heterocycles. The maximum Gasteiger partial charge on any atom is 0.224 e. The predicted molar refractivity (Wildman–Crippen MR) is 107 cm³/mol. The summed E-state index contributed by atoms with van der Waals surface area (Å²) in [5.41, 5.74) is 1.99. The van der Waals surface area contributed by atoms with E-state index in [0.29, 0.717) is 16.0 Å². The van der Waals surface area contributed by atoms with Crippen molar-refractivity contribution in [2.75, 3.05) is 44.4 Å². The number of benzene rings is 1. The minimum absolute atomic E-state index is 0.651. The van der Waals surface area contributed by atoms with Gasteiger partial charge in [-0.15, -0.1) is 0 Å². The SMILES string of the molecule is Cc1cc(NCCc2ccc(Cl)cc2Cl)nc(NCCCN(C)C)n1. The average molecular weight is 382 g/mol. The summed E-state index contributed by atoms with van der Waals surface area (Å²) in [6.07, 6.45) is 1.84. The number of nitrogens with zero attached hydrogens (tertiary/aromatic N) is 3. The number of rotatable bonds is 9. The number of hydrogen-bond acceptors (Lipinski definition) is 5. The second-order valence-corrected chi connectivity index (χ2v) is 7.06. The molecule has 0 bridgehead atoms. The van der Waals surface area contributed by atoms with Crippen molar-refractivity contribution in [1.29, 1.82) is 0 Å². The molecular formula is C18H25Cl2N5. The molecule has 5 nitrogen and oxygen atoms in total. The Morgan fingerprint density at radius 2 is 1.84 bits per heavy atom. The minimum atomic E-state index is 0.651. The van der Waals surface area contributed by atoms with Crippen LogP contribution in [0.4, 0.5) is 11.8 Å². The quantitative estimate of drug-likeness (QED) is 0.640. The van der Waals surface area contributed by atoms with Crippen LogP contribution in [-0.4, -0.2) is 48.6 Å². The number of aromatic nitrogens is 2. The third-order valence-corrected chi connectivity index (χ3v) is 4.22. The summed E-state index contributed by atoms with van der Waals surface area (Å²) in [6.45, 7) is 4.58. The summed E-state index contributed by atoms with van der Waals surface area (Å²) in [5, 5.41) is 7.96. The van der Waals surface area contributed by atoms with Gasteiger partial charge in [-0.05, 0) is 58.1 Å². The van der Waals surface area contributed by atoms with Crippen LogP contribution in [0.3, 0.4) is 0 Å². The summed E-state index contributed by atoms with van der Waals surface area (Å²) >= 11 is 12.1. The summed E-state index contributed by atoms with van der Waals surface area (Å²) in [4.78, 5) is 11.1. The molecule has 25 heavy (non-hydrogen) atoms. The highest BCUT2D eigenvalue weighted by Crippen LogP contribution is 2.21. The van der Waals surface area contributed by atoms with Crippen LogP contribution in [0.5, 0.6) is 0 Å². The summed E-state index contributed by atoms with van der Waals surface area (Å²) in [6, 6.07) is 7.51. The molecule has 0 aliphatic heterocycles. The molecule has 7 heteroatoms. The van der Waals surface area contributed by atoms with Crippen LogP contribution < -0.4 is 10.6 Å². The van der Waals surface area contributed by atoms with E-state index < -0.39 is 0 Å². The molecule has 2 N–H and O–H groups in total. The van der Waals surface area contributed by atoms with Crippen LogP contribution in [-0.2, 0) is 6.42 Å². The highest BCUT2D eigenvalue weighted by molar-refractivity contribution is 6.35. The fourth-order valence-electron chi connectivity index (χ4n) is 2.38. The predicted octanol–water partition coefficient (Wildman–Crippen LogP) is 4.11. The topological polar surface area (TPSA) is 53.1 Å². The van der Waals surface area contributed by atoms with Gasteiger partial charge in [0.15, 0.2) is 0 Å². The van der Waals surface area contributed by atoms with Gasteiger partial charge in [0.25, 0.3) is 0 Å². The standard InChI is InChI=1S/C18H25Cl2N5/c1-13-11-17(24-18(23-13)22-8-4-10-25(2)3)21-9-7-14-5-6-15(19)12-16(14)20/h5-6,11-12H,4,7-10H2,1-3H3,(H2,21,22,23,24). The molecule has 2 rings (SSSR count). The van der Waals surface area contributed by atoms with Gasteiger partial charge in [-0.1, -0.05) is 29.3 Å². The first-order valence-electron chi connectivity index (χ1n) is 8.36. The molecule has 136 valence electrons. The van der Waals surface area contributed by atoms with E-state index >= 15 is 0 Å². The molecule has 1 aromatic carbocycles. The van der Waals surface area contributed by atoms with Gasteiger partial charge in [0.2, 0.25) is 5.95 Å². The first-order valence-corrected chi connectivity index (χ1v) is 9.12. The Hall–Kier alpha value is -1.56. The Morgan fingerprint density at radius 1 is 1.04 bits per heavy atom. The molecule has 2 aromatic rings. The molecule has 0 amide bonds. The Labute approximate surface area is 159 Å². The Morgan fingerprint density at radius 3 is 2.56 bits per heavy atom. The largest absolute Gasteiger partial charge is 0.370 e. The fraction of sp³-hybridized carbons (Fsp3) is 0.444. The Kier molecular flexibility index (Phi) is 7.75. The van der Waals surface area contributed by atoms with Crippen molar-refractivity contribution < 1.29 is 0 Å². The highest BCUT2D eigenvalue weighted by Gasteiger charge is 2.04. The van der Waals surface area contributed by atoms with Crippen LogP contribution in [0.25, 0.3) is 0 Å². The summed E-state index contributed by atoms with van der Waals surface area (Å²) < 4.78 is 0. The van der Waals surface area contributed by atoms with Crippen LogP contribution >= 0.6 is 23.2 Å². The molecule has 0 atom stereocenters. The summed E-state index contributed by atoms with van der Waals surface area (Å²) in [7, 11) is 4.14. The monoisotopic (exact) mass is 381 g/mol. The average Bonchev–Trinajstić information content (AvgIpc) is 2.53. The van der Waals surface area contributed by atoms with Gasteiger partial charge in [0.1, 0.15) is 5.82 Å². The van der Waals surface area contributed by atoms with Gasteiger partial charge >= 0.3 is 0 Å². The minimum Gasteiger partial charge on any atom is -0.370 e. The van der Waals surface area contributed by atoms with E-state index in [9.17, 15) is 0 Å². The number of nitrogens with one attached hydrogen (secondary N) is 2. The summed E-state index contributed by atoms with van der Waals surface area (Å²) in [5.74, 6) is 1.47. The molecule has 0 saturated carbocycles. The lowest BCUT2D eigenvalue weighted by molar-refractivity contribution is 0.405. The van der Waals surface area contributed by atoms with Gasteiger partial charge in [-0.2, -0.15) is 4.98 Å². The van der Waals surface area contributed by atoms with E-state index in [2.05, 4.69) is 39.6 Å². The van der Waals surface area contributed by atoms with Crippen molar-refractivity contribution in [1.82, 2.24) is 14.9 Å². The highest BCUT2D eigenvalue weighted by atomic mass is 35.5. The van der Waals surface area contributed by atoms with Crippen LogP contribution in [0.2, 0.25) is 10.0 Å². The second kappa shape index (κ2) is 9.80. The third-order valence-electron chi connectivity index (χ3n) is 3.64. The lowest BCUT2D eigenvalue weighted by Gasteiger charge is -2.12. The molecular weight excluding hydrogens is 357 g/mol. The van der Waals surface area contributed by atoms with Crippen molar-refractivity contribution >= 4 is 35.0 Å². The van der Waals surface area contributed by atoms with Crippen LogP contribution in [0.15, 0.2) is 24.3 Å². The lowest BCUT2D eigenvalue weighted by Crippen LogP contribution is -2.17. The van der Waals surface area contributed by atoms with Crippen LogP contribution in [0, 0.1) is 6.92 Å². The van der Waals surface area contributed by atoms with Gasteiger partial charge in [0, 0.05) is 34.9 Å². The molecule has 0 saturated heterocycles. The number of anilines is 2. The van der Waals surface area contributed by atoms with E-state index in [4.69, 9.17) is 23.2 Å². The maximum absolute atomic E-state index is 6.20. The first-order chi connectivity index (χ1) is 11.9. The van der Waals surface area contributed by atoms with Crippen molar-refractivity contribution in [3.05, 3.63) is 45.6 Å². The van der Waals surface area contributed by atoms with E-state index in [-0.39, 0.29) is 0 Å². The fourth-order valence-corrected chi connectivity index (χ4v) is 2.89. The third kappa shape index (κ3) is 7.06. The van der Waals surface area contributed by atoms with Crippen molar-refractivity contribution in [2.45, 2.75) is 19.8 Å². The van der Waals surface area contributed by atoms with E-state index in [1.165, 1.54) is 0 Å². The molecule has 0 spiro atoms. The Balaban J connectivity index is 1.86. The normalized spacial score (nSPS) is 11.0. The zero-order chi connectivity index (χ0) is 18.2. The van der Waals surface area contributed by atoms with Crippen molar-refractivity contribution in [2.24, 2.45) is 0 Å². The zero-order valence-corrected chi connectivity index (χ0v) is 16.5. The molecule has 0 aliphatic carbocycles. The van der Waals surface area contributed by atoms with E-state index in [1.54, 1.807) is 6.07 Å². The molecule has 0 aliphatic rings. The van der Waals surface area contributed by atoms with Gasteiger partial charge < -0.3 is 15.5 Å². The van der Waals surface area contributed by atoms with Gasteiger partial charge in [-0.3, -0.25) is 0 Å². The number of halogens is 2. The maximum atomic E-state index is 6.20. The zero-order valence-electron chi connectivity index (χ0n) is 14.9. The number of aryl methyl sites for hydroxylation is 1. The smallest absolute Gasteiger partial charge is 0.224 e. The van der Waals surface area contributed by atoms with Crippen LogP contribution in [0.1, 0.15) is 17.7 Å². The van der Waals surface area contributed by atoms with Gasteiger partial charge in [0.05, 0.1) is 0 Å². The lowest BCUT2D eigenvalue weighted by atomic mass is 10.1. The van der Waals surface area contributed by atoms with Gasteiger partial charge in [-0.25, -0.2) is 4.98 Å². The molecule has 0 fully saturated rings. The van der Waals surface area contributed by atoms with E-state index in [1.807, 2.05) is 25.1 Å². The Bertz CT molecular complexity index is 691. The second-order valence-electron chi connectivity index (χ2n) is 6.21. The molecule has 0 radical (unpaired) electrons. The first kappa shape index (κ1) is 19.8. The van der Waals surface area contributed by atoms with Crippen molar-refractivity contribution in [3.8, 4) is 0 Å². The number of hydrogen-bond donors (Lipinski definition) is 2. The van der Waals surface area contributed by atoms with Crippen molar-refractivity contribution in [3.63, 3.8) is 0 Å². The molecule has 0 unspecified atom stereocenters. The van der Waals surface area contributed by atoms with E-state index in [0.717, 1.165) is 49.6 Å².